The van der Waals surface area contributed by atoms with Crippen LogP contribution in [-0.4, -0.2) is 36.8 Å². The molecule has 1 saturated heterocycles. The van der Waals surface area contributed by atoms with E-state index < -0.39 is 0 Å². The number of rotatable bonds is 5. The first-order valence-electron chi connectivity index (χ1n) is 6.48. The minimum Gasteiger partial charge on any atom is -0.396 e. The average molecular weight is 242 g/mol. The Labute approximate surface area is 104 Å². The van der Waals surface area contributed by atoms with E-state index in [0.29, 0.717) is 12.3 Å². The summed E-state index contributed by atoms with van der Waals surface area (Å²) in [6, 6.07) is 0.0375. The molecule has 0 aliphatic carbocycles. The van der Waals surface area contributed by atoms with E-state index in [1.165, 1.54) is 0 Å². The van der Waals surface area contributed by atoms with Crippen LogP contribution in [0.4, 0.5) is 0 Å². The molecule has 3 N–H and O–H groups in total. The number of hydrogen-bond acceptors (Lipinski definition) is 3. The second-order valence-corrected chi connectivity index (χ2v) is 6.15. The van der Waals surface area contributed by atoms with Gasteiger partial charge in [-0.2, -0.15) is 0 Å². The third kappa shape index (κ3) is 3.96. The van der Waals surface area contributed by atoms with Crippen LogP contribution in [0.3, 0.4) is 0 Å². The van der Waals surface area contributed by atoms with Gasteiger partial charge in [0, 0.05) is 18.6 Å². The van der Waals surface area contributed by atoms with Crippen LogP contribution in [-0.2, 0) is 4.79 Å². The minimum atomic E-state index is -0.0179. The van der Waals surface area contributed by atoms with Crippen LogP contribution in [0.2, 0.25) is 0 Å². The molecule has 0 radical (unpaired) electrons. The molecule has 4 heteroatoms. The smallest absolute Gasteiger partial charge is 0.223 e. The van der Waals surface area contributed by atoms with Crippen LogP contribution in [0.15, 0.2) is 0 Å². The van der Waals surface area contributed by atoms with Crippen molar-refractivity contribution < 1.29 is 9.90 Å². The lowest BCUT2D eigenvalue weighted by atomic mass is 9.83. The average Bonchev–Trinajstić information content (AvgIpc) is 2.12. The molecule has 1 aliphatic rings. The Morgan fingerprint density at radius 1 is 1.47 bits per heavy atom. The first-order chi connectivity index (χ1) is 7.86. The first-order valence-corrected chi connectivity index (χ1v) is 6.48. The molecule has 0 aromatic carbocycles. The Morgan fingerprint density at radius 2 is 2.06 bits per heavy atom. The quantitative estimate of drug-likeness (QED) is 0.667. The molecule has 0 aromatic rings. The molecule has 2 unspecified atom stereocenters. The fraction of sp³-hybridized carbons (Fsp3) is 0.923. The van der Waals surface area contributed by atoms with Gasteiger partial charge in [0.05, 0.1) is 0 Å². The first kappa shape index (κ1) is 14.5. The van der Waals surface area contributed by atoms with Crippen LogP contribution in [0.5, 0.6) is 0 Å². The van der Waals surface area contributed by atoms with E-state index in [0.717, 1.165) is 13.1 Å². The summed E-state index contributed by atoms with van der Waals surface area (Å²) in [6.07, 6.45) is 0.616. The largest absolute Gasteiger partial charge is 0.396 e. The van der Waals surface area contributed by atoms with Crippen molar-refractivity contribution in [3.63, 3.8) is 0 Å². The Kier molecular flexibility index (Phi) is 4.95. The van der Waals surface area contributed by atoms with Gasteiger partial charge in [0.15, 0.2) is 0 Å². The molecule has 0 saturated carbocycles. The van der Waals surface area contributed by atoms with E-state index in [1.54, 1.807) is 0 Å². The lowest BCUT2D eigenvalue weighted by Gasteiger charge is -2.36. The highest BCUT2D eigenvalue weighted by molar-refractivity contribution is 5.79. The number of hydrogen-bond donors (Lipinski definition) is 3. The number of amides is 1. The van der Waals surface area contributed by atoms with Gasteiger partial charge in [0.25, 0.3) is 0 Å². The molecule has 2 atom stereocenters. The zero-order valence-corrected chi connectivity index (χ0v) is 11.4. The Hall–Kier alpha value is -0.610. The molecular formula is C13H26N2O2. The molecule has 4 nitrogen and oxygen atoms in total. The third-order valence-corrected chi connectivity index (χ3v) is 3.71. The number of aliphatic hydroxyl groups excluding tert-OH is 1. The highest BCUT2D eigenvalue weighted by Gasteiger charge is 2.32. The van der Waals surface area contributed by atoms with Gasteiger partial charge in [-0.05, 0) is 30.8 Å². The molecular weight excluding hydrogens is 216 g/mol. The van der Waals surface area contributed by atoms with Gasteiger partial charge in [0.1, 0.15) is 0 Å². The summed E-state index contributed by atoms with van der Waals surface area (Å²) in [4.78, 5) is 12.1. The lowest BCUT2D eigenvalue weighted by Crippen LogP contribution is -2.52. The molecule has 0 bridgehead atoms. The number of aliphatic hydroxyl groups is 1. The predicted octanol–water partition coefficient (Wildman–Crippen LogP) is 0.755. The molecule has 0 aromatic heterocycles. The van der Waals surface area contributed by atoms with Crippen LogP contribution in [0.1, 0.15) is 34.1 Å². The van der Waals surface area contributed by atoms with Crippen molar-refractivity contribution in [2.75, 3.05) is 19.7 Å². The number of carbonyl (C=O) groups excluding carboxylic acids is 1. The van der Waals surface area contributed by atoms with Crippen molar-refractivity contribution in [1.82, 2.24) is 10.6 Å². The van der Waals surface area contributed by atoms with E-state index in [1.807, 2.05) is 6.92 Å². The van der Waals surface area contributed by atoms with Crippen molar-refractivity contribution in [1.29, 1.82) is 0 Å². The summed E-state index contributed by atoms with van der Waals surface area (Å²) >= 11 is 0. The van der Waals surface area contributed by atoms with Crippen molar-refractivity contribution in [3.05, 3.63) is 0 Å². The fourth-order valence-corrected chi connectivity index (χ4v) is 2.03. The lowest BCUT2D eigenvalue weighted by molar-refractivity contribution is -0.128. The fourth-order valence-electron chi connectivity index (χ4n) is 2.03. The topological polar surface area (TPSA) is 61.4 Å². The molecule has 100 valence electrons. The van der Waals surface area contributed by atoms with Crippen molar-refractivity contribution in [3.8, 4) is 0 Å². The van der Waals surface area contributed by atoms with Gasteiger partial charge in [-0.1, -0.05) is 27.7 Å². The zero-order chi connectivity index (χ0) is 13.1. The zero-order valence-electron chi connectivity index (χ0n) is 11.4. The number of carbonyl (C=O) groups is 1. The van der Waals surface area contributed by atoms with Crippen molar-refractivity contribution in [2.45, 2.75) is 40.2 Å². The van der Waals surface area contributed by atoms with Crippen molar-refractivity contribution >= 4 is 5.91 Å². The second-order valence-electron chi connectivity index (χ2n) is 6.15. The van der Waals surface area contributed by atoms with Gasteiger partial charge in [-0.3, -0.25) is 4.79 Å². The van der Waals surface area contributed by atoms with Gasteiger partial charge in [0.2, 0.25) is 5.91 Å². The van der Waals surface area contributed by atoms with Gasteiger partial charge in [-0.25, -0.2) is 0 Å². The van der Waals surface area contributed by atoms with E-state index in [4.69, 9.17) is 5.11 Å². The molecule has 1 amide bonds. The maximum atomic E-state index is 12.1. The maximum Gasteiger partial charge on any atom is 0.223 e. The normalized spacial score (nSPS) is 20.5. The molecule has 1 fully saturated rings. The van der Waals surface area contributed by atoms with Crippen LogP contribution in [0.25, 0.3) is 0 Å². The second kappa shape index (κ2) is 5.83. The summed E-state index contributed by atoms with van der Waals surface area (Å²) < 4.78 is 0. The summed E-state index contributed by atoms with van der Waals surface area (Å²) in [5.41, 5.74) is -0.0179. The number of nitrogens with one attached hydrogen (secondary N) is 2. The van der Waals surface area contributed by atoms with Crippen LogP contribution < -0.4 is 10.6 Å². The maximum absolute atomic E-state index is 12.1. The Morgan fingerprint density at radius 3 is 2.41 bits per heavy atom. The summed E-state index contributed by atoms with van der Waals surface area (Å²) in [6.45, 7) is 10.2. The molecule has 0 spiro atoms. The van der Waals surface area contributed by atoms with E-state index >= 15 is 0 Å². The van der Waals surface area contributed by atoms with Crippen LogP contribution in [0, 0.1) is 17.3 Å². The van der Waals surface area contributed by atoms with Crippen molar-refractivity contribution in [2.24, 2.45) is 17.3 Å². The Bertz CT molecular complexity index is 257. The van der Waals surface area contributed by atoms with E-state index in [9.17, 15) is 4.79 Å². The van der Waals surface area contributed by atoms with Gasteiger partial charge in [-0.15, -0.1) is 0 Å². The van der Waals surface area contributed by atoms with E-state index in [-0.39, 0.29) is 29.9 Å². The summed E-state index contributed by atoms with van der Waals surface area (Å²) in [7, 11) is 0. The van der Waals surface area contributed by atoms with Gasteiger partial charge < -0.3 is 15.7 Å². The monoisotopic (exact) mass is 242 g/mol. The molecule has 17 heavy (non-hydrogen) atoms. The highest BCUT2D eigenvalue weighted by atomic mass is 16.3. The highest BCUT2D eigenvalue weighted by Crippen LogP contribution is 2.23. The van der Waals surface area contributed by atoms with Gasteiger partial charge >= 0.3 is 0 Å². The summed E-state index contributed by atoms with van der Waals surface area (Å²) in [5.74, 6) is 0.634. The Balaban J connectivity index is 2.51. The SMILES string of the molecule is CC(C(=O)NC(CCO)C(C)(C)C)C1CNC1. The predicted molar refractivity (Wildman–Crippen MR) is 68.6 cm³/mol. The van der Waals surface area contributed by atoms with E-state index in [2.05, 4.69) is 31.4 Å². The van der Waals surface area contributed by atoms with Crippen LogP contribution >= 0.6 is 0 Å². The summed E-state index contributed by atoms with van der Waals surface area (Å²) in [5, 5.41) is 15.3. The molecule has 1 aliphatic heterocycles. The third-order valence-electron chi connectivity index (χ3n) is 3.71. The molecule has 1 rings (SSSR count). The molecule has 1 heterocycles. The standard InChI is InChI=1S/C13H26N2O2/c1-9(10-7-14-8-10)12(17)15-11(5-6-16)13(2,3)4/h9-11,14,16H,5-8H2,1-4H3,(H,15,17). The minimum absolute atomic E-state index is 0.0179.